The van der Waals surface area contributed by atoms with Gasteiger partial charge in [-0.15, -0.1) is 0 Å². The lowest BCUT2D eigenvalue weighted by atomic mass is 9.91. The summed E-state index contributed by atoms with van der Waals surface area (Å²) in [6.07, 6.45) is -0.376. The Hall–Kier alpha value is -2.61. The van der Waals surface area contributed by atoms with Gasteiger partial charge in [0, 0.05) is 12.0 Å². The maximum absolute atomic E-state index is 12.9. The highest BCUT2D eigenvalue weighted by Gasteiger charge is 2.41. The number of pyridine rings is 1. The molecule has 1 aromatic carbocycles. The fraction of sp³-hybridized carbons (Fsp3) is 0.478. The molecule has 8 heteroatoms. The summed E-state index contributed by atoms with van der Waals surface area (Å²) in [5, 5.41) is 10.8. The first-order valence-corrected chi connectivity index (χ1v) is 10.4. The van der Waals surface area contributed by atoms with Crippen molar-refractivity contribution in [1.29, 1.82) is 0 Å². The van der Waals surface area contributed by atoms with Crippen molar-refractivity contribution in [3.05, 3.63) is 47.2 Å². The lowest BCUT2D eigenvalue weighted by Crippen LogP contribution is -2.32. The van der Waals surface area contributed by atoms with E-state index in [9.17, 15) is 23.1 Å². The molecule has 0 radical (unpaired) electrons. The van der Waals surface area contributed by atoms with E-state index in [1.54, 1.807) is 6.92 Å². The summed E-state index contributed by atoms with van der Waals surface area (Å²) < 4.78 is 44.8. The largest absolute Gasteiger partial charge is 0.477 e. The molecule has 0 unspecified atom stereocenters. The van der Waals surface area contributed by atoms with Crippen molar-refractivity contribution in [3.63, 3.8) is 0 Å². The normalized spacial score (nSPS) is 18.5. The maximum Gasteiger partial charge on any atom is 0.416 e. The van der Waals surface area contributed by atoms with Gasteiger partial charge < -0.3 is 15.6 Å². The number of nitrogens with two attached hydrogens (primary N) is 1. The minimum Gasteiger partial charge on any atom is -0.477 e. The third-order valence-corrected chi connectivity index (χ3v) is 5.99. The van der Waals surface area contributed by atoms with Crippen LogP contribution < -0.4 is 10.5 Å². The number of ether oxygens (including phenoxy) is 1. The molecule has 0 spiro atoms. The van der Waals surface area contributed by atoms with Crippen molar-refractivity contribution >= 4 is 5.91 Å². The van der Waals surface area contributed by atoms with Crippen LogP contribution in [-0.2, 0) is 12.6 Å². The lowest BCUT2D eigenvalue weighted by Gasteiger charge is -2.24. The van der Waals surface area contributed by atoms with E-state index in [0.717, 1.165) is 37.8 Å². The second-order valence-corrected chi connectivity index (χ2v) is 8.84. The number of nitrogens with zero attached hydrogens (tertiary/aromatic N) is 1. The highest BCUT2D eigenvalue weighted by Crippen LogP contribution is 2.42. The summed E-state index contributed by atoms with van der Waals surface area (Å²) in [7, 11) is 0. The van der Waals surface area contributed by atoms with E-state index in [0.29, 0.717) is 29.3 Å². The number of carbonyl (C=O) groups excluding carboxylic acids is 1. The Morgan fingerprint density at radius 2 is 1.84 bits per heavy atom. The number of primary amides is 1. The van der Waals surface area contributed by atoms with Crippen LogP contribution in [0, 0.1) is 11.8 Å². The van der Waals surface area contributed by atoms with E-state index in [1.165, 1.54) is 18.2 Å². The topological polar surface area (TPSA) is 85.4 Å². The predicted octanol–water partition coefficient (Wildman–Crippen LogP) is 4.36. The van der Waals surface area contributed by atoms with Gasteiger partial charge in [0.2, 0.25) is 5.88 Å². The molecule has 0 bridgehead atoms. The zero-order valence-electron chi connectivity index (χ0n) is 17.2. The van der Waals surface area contributed by atoms with E-state index in [1.807, 2.05) is 0 Å². The van der Waals surface area contributed by atoms with Gasteiger partial charge in [-0.3, -0.25) is 4.79 Å². The summed E-state index contributed by atoms with van der Waals surface area (Å²) >= 11 is 0. The summed E-state index contributed by atoms with van der Waals surface area (Å²) in [6, 6.07) is 6.13. The molecule has 1 atom stereocenters. The van der Waals surface area contributed by atoms with Gasteiger partial charge in [-0.05, 0) is 68.2 Å². The van der Waals surface area contributed by atoms with Crippen molar-refractivity contribution in [2.75, 3.05) is 6.61 Å². The number of carbonyl (C=O) groups is 1. The third-order valence-electron chi connectivity index (χ3n) is 5.99. The van der Waals surface area contributed by atoms with Crippen LogP contribution >= 0.6 is 0 Å². The van der Waals surface area contributed by atoms with Gasteiger partial charge in [0.1, 0.15) is 0 Å². The Kier molecular flexibility index (Phi) is 5.45. The Bertz CT molecular complexity index is 979. The molecule has 2 saturated carbocycles. The Labute approximate surface area is 178 Å². The molecule has 2 aliphatic carbocycles. The molecule has 0 saturated heterocycles. The molecule has 1 aromatic heterocycles. The first-order valence-electron chi connectivity index (χ1n) is 10.4. The summed E-state index contributed by atoms with van der Waals surface area (Å²) in [5.74, 6) is 0.0887. The second-order valence-electron chi connectivity index (χ2n) is 8.84. The van der Waals surface area contributed by atoms with E-state index < -0.39 is 23.2 Å². The van der Waals surface area contributed by atoms with Crippen LogP contribution in [0.1, 0.15) is 54.2 Å². The molecule has 2 aromatic rings. The third kappa shape index (κ3) is 5.01. The van der Waals surface area contributed by atoms with E-state index >= 15 is 0 Å². The summed E-state index contributed by atoms with van der Waals surface area (Å²) in [5.41, 5.74) is 5.10. The molecule has 31 heavy (non-hydrogen) atoms. The van der Waals surface area contributed by atoms with Crippen molar-refractivity contribution in [1.82, 2.24) is 4.98 Å². The van der Waals surface area contributed by atoms with Crippen LogP contribution in [0.25, 0.3) is 11.1 Å². The standard InChI is InChI=1S/C23H25F3N2O3/c1-22(30,15-8-9-15)11-19-18(20(27)29)10-17(21(28-19)31-12-13-2-3-13)14-4-6-16(7-5-14)23(24,25)26/h4-7,10,13,15,30H,2-3,8-9,11-12H2,1H3,(H2,27,29)/t22-/m1/s1. The molecular formula is C23H25F3N2O3. The molecule has 166 valence electrons. The van der Waals surface area contributed by atoms with Crippen molar-refractivity contribution in [3.8, 4) is 17.0 Å². The molecule has 2 fully saturated rings. The van der Waals surface area contributed by atoms with E-state index in [4.69, 9.17) is 10.5 Å². The van der Waals surface area contributed by atoms with Crippen LogP contribution in [0.3, 0.4) is 0 Å². The molecule has 2 aliphatic rings. The number of benzene rings is 1. The maximum atomic E-state index is 12.9. The van der Waals surface area contributed by atoms with Crippen molar-refractivity contribution < 1.29 is 27.8 Å². The van der Waals surface area contributed by atoms with Crippen LogP contribution in [0.5, 0.6) is 5.88 Å². The Morgan fingerprint density at radius 1 is 1.19 bits per heavy atom. The van der Waals surface area contributed by atoms with Crippen LogP contribution in [-0.4, -0.2) is 28.2 Å². The molecule has 1 amide bonds. The van der Waals surface area contributed by atoms with E-state index in [-0.39, 0.29) is 23.8 Å². The SMILES string of the molecule is C[C@@](O)(Cc1nc(OCC2CC2)c(-c2ccc(C(F)(F)F)cc2)cc1C(N)=O)C1CC1. The van der Waals surface area contributed by atoms with Gasteiger partial charge in [-0.25, -0.2) is 4.98 Å². The van der Waals surface area contributed by atoms with Crippen molar-refractivity contribution in [2.24, 2.45) is 17.6 Å². The average Bonchev–Trinajstić information content (AvgIpc) is 3.58. The number of rotatable bonds is 8. The van der Waals surface area contributed by atoms with Crippen LogP contribution in [0.2, 0.25) is 0 Å². The van der Waals surface area contributed by atoms with E-state index in [2.05, 4.69) is 4.98 Å². The van der Waals surface area contributed by atoms with Gasteiger partial charge in [0.05, 0.1) is 29.0 Å². The zero-order valence-corrected chi connectivity index (χ0v) is 17.2. The fourth-order valence-electron chi connectivity index (χ4n) is 3.71. The average molecular weight is 434 g/mol. The fourth-order valence-corrected chi connectivity index (χ4v) is 3.71. The van der Waals surface area contributed by atoms with Crippen LogP contribution in [0.15, 0.2) is 30.3 Å². The first kappa shape index (κ1) is 21.6. The number of amides is 1. The van der Waals surface area contributed by atoms with Gasteiger partial charge in [0.15, 0.2) is 0 Å². The minimum atomic E-state index is -4.45. The molecular weight excluding hydrogens is 409 g/mol. The first-order chi connectivity index (χ1) is 14.5. The summed E-state index contributed by atoms with van der Waals surface area (Å²) in [6.45, 7) is 2.15. The molecule has 0 aliphatic heterocycles. The molecule has 4 rings (SSSR count). The van der Waals surface area contributed by atoms with Gasteiger partial charge >= 0.3 is 6.18 Å². The number of hydrogen-bond acceptors (Lipinski definition) is 4. The quantitative estimate of drug-likeness (QED) is 0.647. The molecule has 1 heterocycles. The Balaban J connectivity index is 1.74. The monoisotopic (exact) mass is 434 g/mol. The summed E-state index contributed by atoms with van der Waals surface area (Å²) in [4.78, 5) is 16.7. The zero-order chi connectivity index (χ0) is 22.4. The highest BCUT2D eigenvalue weighted by molar-refractivity contribution is 5.95. The van der Waals surface area contributed by atoms with Gasteiger partial charge in [-0.2, -0.15) is 13.2 Å². The van der Waals surface area contributed by atoms with Crippen molar-refractivity contribution in [2.45, 2.75) is 50.8 Å². The van der Waals surface area contributed by atoms with Crippen LogP contribution in [0.4, 0.5) is 13.2 Å². The highest BCUT2D eigenvalue weighted by atomic mass is 19.4. The number of alkyl halides is 3. The van der Waals surface area contributed by atoms with Gasteiger partial charge in [0.25, 0.3) is 5.91 Å². The Morgan fingerprint density at radius 3 is 2.35 bits per heavy atom. The predicted molar refractivity (Wildman–Crippen MR) is 108 cm³/mol. The second kappa shape index (κ2) is 7.82. The number of aromatic nitrogens is 1. The number of halogens is 3. The lowest BCUT2D eigenvalue weighted by molar-refractivity contribution is -0.137. The van der Waals surface area contributed by atoms with Gasteiger partial charge in [-0.1, -0.05) is 12.1 Å². The smallest absolute Gasteiger partial charge is 0.416 e. The minimum absolute atomic E-state index is 0.134. The molecule has 3 N–H and O–H groups in total. The number of hydrogen-bond donors (Lipinski definition) is 2. The molecule has 5 nitrogen and oxygen atoms in total. The number of aliphatic hydroxyl groups is 1.